The van der Waals surface area contributed by atoms with Gasteiger partial charge in [0.25, 0.3) is 6.43 Å². The largest absolute Gasteiger partial charge is 0.478 e. The van der Waals surface area contributed by atoms with E-state index < -0.39 is 30.3 Å². The van der Waals surface area contributed by atoms with Crippen LogP contribution in [0.1, 0.15) is 15.9 Å². The van der Waals surface area contributed by atoms with Gasteiger partial charge in [0.1, 0.15) is 5.82 Å². The molecule has 0 spiro atoms. The summed E-state index contributed by atoms with van der Waals surface area (Å²) in [5.74, 6) is -2.21. The molecule has 0 aliphatic carbocycles. The fourth-order valence-corrected chi connectivity index (χ4v) is 1.44. The van der Waals surface area contributed by atoms with E-state index in [-0.39, 0.29) is 6.54 Å². The van der Waals surface area contributed by atoms with Crippen LogP contribution in [0, 0.1) is 5.82 Å². The molecule has 3 nitrogen and oxygen atoms in total. The molecular weight excluding hydrogens is 235 g/mol. The number of carbonyl (C=O) groups is 1. The molecular formula is C11H12F3NO2. The zero-order valence-corrected chi connectivity index (χ0v) is 9.16. The van der Waals surface area contributed by atoms with E-state index in [0.717, 1.165) is 12.1 Å². The Labute approximate surface area is 96.5 Å². The van der Waals surface area contributed by atoms with Gasteiger partial charge in [-0.15, -0.1) is 0 Å². The fraction of sp³-hybridized carbons (Fsp3) is 0.364. The fourth-order valence-electron chi connectivity index (χ4n) is 1.44. The van der Waals surface area contributed by atoms with E-state index in [1.165, 1.54) is 18.0 Å². The third kappa shape index (κ3) is 4.07. The predicted octanol–water partition coefficient (Wildman–Crippen LogP) is 2.22. The average Bonchev–Trinajstić information content (AvgIpc) is 2.15. The van der Waals surface area contributed by atoms with Crippen molar-refractivity contribution >= 4 is 5.97 Å². The molecule has 0 amide bonds. The summed E-state index contributed by atoms with van der Waals surface area (Å²) in [6, 6.07) is 3.59. The lowest BCUT2D eigenvalue weighted by atomic mass is 10.1. The number of carboxylic acid groups (broad SMARTS) is 1. The van der Waals surface area contributed by atoms with E-state index in [2.05, 4.69) is 0 Å². The van der Waals surface area contributed by atoms with Gasteiger partial charge in [-0.05, 0) is 24.7 Å². The van der Waals surface area contributed by atoms with E-state index >= 15 is 0 Å². The molecule has 0 saturated heterocycles. The van der Waals surface area contributed by atoms with E-state index in [9.17, 15) is 18.0 Å². The van der Waals surface area contributed by atoms with Crippen molar-refractivity contribution in [1.29, 1.82) is 0 Å². The SMILES string of the molecule is CN(Cc1ccc(C(=O)O)c(F)c1)CC(F)F. The minimum Gasteiger partial charge on any atom is -0.478 e. The summed E-state index contributed by atoms with van der Waals surface area (Å²) in [6.07, 6.45) is -2.46. The van der Waals surface area contributed by atoms with E-state index in [0.29, 0.717) is 5.56 Å². The van der Waals surface area contributed by atoms with Crippen LogP contribution in [0.15, 0.2) is 18.2 Å². The lowest BCUT2D eigenvalue weighted by Crippen LogP contribution is -2.24. The first kappa shape index (κ1) is 13.5. The van der Waals surface area contributed by atoms with Crippen LogP contribution in [-0.4, -0.2) is 36.0 Å². The van der Waals surface area contributed by atoms with Crippen molar-refractivity contribution in [2.45, 2.75) is 13.0 Å². The predicted molar refractivity (Wildman–Crippen MR) is 55.7 cm³/mol. The van der Waals surface area contributed by atoms with Crippen LogP contribution in [0.3, 0.4) is 0 Å². The Morgan fingerprint density at radius 1 is 1.47 bits per heavy atom. The standard InChI is InChI=1S/C11H12F3NO2/c1-15(6-10(13)14)5-7-2-3-8(11(16)17)9(12)4-7/h2-4,10H,5-6H2,1H3,(H,16,17). The molecule has 1 aromatic rings. The molecule has 1 aromatic carbocycles. The lowest BCUT2D eigenvalue weighted by molar-refractivity contribution is 0.0692. The van der Waals surface area contributed by atoms with Crippen molar-refractivity contribution in [3.63, 3.8) is 0 Å². The summed E-state index contributed by atoms with van der Waals surface area (Å²) in [5.41, 5.74) is 0.0286. The highest BCUT2D eigenvalue weighted by Crippen LogP contribution is 2.12. The summed E-state index contributed by atoms with van der Waals surface area (Å²) in [4.78, 5) is 11.9. The molecule has 0 unspecified atom stereocenters. The highest BCUT2D eigenvalue weighted by Gasteiger charge is 2.12. The normalized spacial score (nSPS) is 11.2. The highest BCUT2D eigenvalue weighted by atomic mass is 19.3. The van der Waals surface area contributed by atoms with Crippen LogP contribution in [0.2, 0.25) is 0 Å². The first-order chi connectivity index (χ1) is 7.90. The molecule has 0 saturated carbocycles. The van der Waals surface area contributed by atoms with Gasteiger partial charge in [0.15, 0.2) is 0 Å². The molecule has 6 heteroatoms. The summed E-state index contributed by atoms with van der Waals surface area (Å²) in [5, 5.41) is 8.61. The Kier molecular flexibility index (Phi) is 4.51. The molecule has 0 radical (unpaired) electrons. The zero-order chi connectivity index (χ0) is 13.0. The molecule has 1 rings (SSSR count). The second-order valence-corrected chi connectivity index (χ2v) is 3.71. The van der Waals surface area contributed by atoms with Gasteiger partial charge in [-0.1, -0.05) is 6.07 Å². The number of carboxylic acids is 1. The van der Waals surface area contributed by atoms with Crippen molar-refractivity contribution in [2.24, 2.45) is 0 Å². The van der Waals surface area contributed by atoms with Gasteiger partial charge in [0.05, 0.1) is 12.1 Å². The second-order valence-electron chi connectivity index (χ2n) is 3.71. The maximum absolute atomic E-state index is 13.3. The quantitative estimate of drug-likeness (QED) is 0.867. The van der Waals surface area contributed by atoms with Crippen molar-refractivity contribution < 1.29 is 23.1 Å². The Bertz CT molecular complexity index is 410. The Morgan fingerprint density at radius 2 is 2.12 bits per heavy atom. The second kappa shape index (κ2) is 5.67. The molecule has 0 fully saturated rings. The zero-order valence-electron chi connectivity index (χ0n) is 9.16. The number of nitrogens with zero attached hydrogens (tertiary/aromatic N) is 1. The van der Waals surface area contributed by atoms with Gasteiger partial charge >= 0.3 is 5.97 Å². The average molecular weight is 247 g/mol. The third-order valence-electron chi connectivity index (χ3n) is 2.17. The van der Waals surface area contributed by atoms with Crippen LogP contribution >= 0.6 is 0 Å². The molecule has 0 heterocycles. The summed E-state index contributed by atoms with van der Waals surface area (Å²) >= 11 is 0. The van der Waals surface area contributed by atoms with Crippen LogP contribution < -0.4 is 0 Å². The number of rotatable bonds is 5. The minimum atomic E-state index is -2.46. The monoisotopic (exact) mass is 247 g/mol. The van der Waals surface area contributed by atoms with Gasteiger partial charge in [-0.2, -0.15) is 0 Å². The topological polar surface area (TPSA) is 40.5 Å². The van der Waals surface area contributed by atoms with Gasteiger partial charge in [0, 0.05) is 6.54 Å². The van der Waals surface area contributed by atoms with Crippen molar-refractivity contribution in [2.75, 3.05) is 13.6 Å². The van der Waals surface area contributed by atoms with Crippen molar-refractivity contribution in [3.05, 3.63) is 35.1 Å². The number of alkyl halides is 2. The molecule has 1 N–H and O–H groups in total. The Hall–Kier alpha value is -1.56. The number of halogens is 3. The first-order valence-electron chi connectivity index (χ1n) is 4.88. The van der Waals surface area contributed by atoms with E-state index in [4.69, 9.17) is 5.11 Å². The molecule has 0 aliphatic rings. The molecule has 0 atom stereocenters. The number of aromatic carboxylic acids is 1. The van der Waals surface area contributed by atoms with Gasteiger partial charge in [0.2, 0.25) is 0 Å². The number of hydrogen-bond acceptors (Lipinski definition) is 2. The first-order valence-corrected chi connectivity index (χ1v) is 4.88. The molecule has 0 aliphatic heterocycles. The number of benzene rings is 1. The van der Waals surface area contributed by atoms with Crippen LogP contribution in [-0.2, 0) is 6.54 Å². The lowest BCUT2D eigenvalue weighted by Gasteiger charge is -2.16. The summed E-state index contributed by atoms with van der Waals surface area (Å²) in [6.45, 7) is -0.274. The minimum absolute atomic E-state index is 0.140. The smallest absolute Gasteiger partial charge is 0.338 e. The van der Waals surface area contributed by atoms with E-state index in [1.807, 2.05) is 0 Å². The highest BCUT2D eigenvalue weighted by molar-refractivity contribution is 5.87. The van der Waals surface area contributed by atoms with E-state index in [1.54, 1.807) is 0 Å². The van der Waals surface area contributed by atoms with Crippen LogP contribution in [0.5, 0.6) is 0 Å². The van der Waals surface area contributed by atoms with Crippen LogP contribution in [0.4, 0.5) is 13.2 Å². The maximum atomic E-state index is 13.3. The van der Waals surface area contributed by atoms with Crippen molar-refractivity contribution in [3.8, 4) is 0 Å². The Morgan fingerprint density at radius 3 is 2.59 bits per heavy atom. The van der Waals surface area contributed by atoms with Crippen molar-refractivity contribution in [1.82, 2.24) is 4.90 Å². The maximum Gasteiger partial charge on any atom is 0.338 e. The third-order valence-corrected chi connectivity index (χ3v) is 2.17. The van der Waals surface area contributed by atoms with Gasteiger partial charge in [-0.3, -0.25) is 4.90 Å². The van der Waals surface area contributed by atoms with Crippen LogP contribution in [0.25, 0.3) is 0 Å². The Balaban J connectivity index is 2.74. The molecule has 0 bridgehead atoms. The van der Waals surface area contributed by atoms with Gasteiger partial charge < -0.3 is 5.11 Å². The summed E-state index contributed by atoms with van der Waals surface area (Å²) in [7, 11) is 1.48. The summed E-state index contributed by atoms with van der Waals surface area (Å²) < 4.78 is 37.4. The number of hydrogen-bond donors (Lipinski definition) is 1. The molecule has 0 aromatic heterocycles. The molecule has 17 heavy (non-hydrogen) atoms. The van der Waals surface area contributed by atoms with Gasteiger partial charge in [-0.25, -0.2) is 18.0 Å². The molecule has 94 valence electrons.